The SMILES string of the molecule is O=CC1(CN2CCCC(C(F)(F)F)C2)CCOC1. The predicted octanol–water partition coefficient (Wildman–Crippen LogP) is 1.87. The van der Waals surface area contributed by atoms with E-state index in [4.69, 9.17) is 4.74 Å². The number of carbonyl (C=O) groups excluding carboxylic acids is 1. The monoisotopic (exact) mass is 265 g/mol. The van der Waals surface area contributed by atoms with Crippen molar-refractivity contribution in [1.29, 1.82) is 0 Å². The van der Waals surface area contributed by atoms with Gasteiger partial charge in [0.25, 0.3) is 0 Å². The molecule has 3 nitrogen and oxygen atoms in total. The lowest BCUT2D eigenvalue weighted by Gasteiger charge is -2.37. The van der Waals surface area contributed by atoms with Crippen LogP contribution in [0.15, 0.2) is 0 Å². The maximum atomic E-state index is 12.7. The summed E-state index contributed by atoms with van der Waals surface area (Å²) in [7, 11) is 0. The van der Waals surface area contributed by atoms with Gasteiger partial charge >= 0.3 is 6.18 Å². The Kier molecular flexibility index (Phi) is 3.96. The highest BCUT2D eigenvalue weighted by atomic mass is 19.4. The molecule has 2 fully saturated rings. The molecule has 0 N–H and O–H groups in total. The first-order valence-corrected chi connectivity index (χ1v) is 6.28. The number of halogens is 3. The molecule has 2 aliphatic heterocycles. The lowest BCUT2D eigenvalue weighted by molar-refractivity contribution is -0.187. The average Bonchev–Trinajstić information content (AvgIpc) is 2.77. The lowest BCUT2D eigenvalue weighted by Crippen LogP contribution is -2.47. The van der Waals surface area contributed by atoms with Gasteiger partial charge in [0.1, 0.15) is 6.29 Å². The molecule has 2 saturated heterocycles. The van der Waals surface area contributed by atoms with E-state index in [2.05, 4.69) is 0 Å². The highest BCUT2D eigenvalue weighted by Gasteiger charge is 2.44. The van der Waals surface area contributed by atoms with Gasteiger partial charge in [-0.15, -0.1) is 0 Å². The van der Waals surface area contributed by atoms with Crippen molar-refractivity contribution in [1.82, 2.24) is 4.90 Å². The maximum Gasteiger partial charge on any atom is 0.393 e. The number of likely N-dealkylation sites (tertiary alicyclic amines) is 1. The molecule has 2 aliphatic rings. The lowest BCUT2D eigenvalue weighted by atomic mass is 9.87. The molecule has 2 rings (SSSR count). The number of aldehydes is 1. The molecule has 0 aromatic rings. The minimum absolute atomic E-state index is 0.0130. The Bertz CT molecular complexity index is 300. The molecule has 0 bridgehead atoms. The molecule has 0 aromatic carbocycles. The minimum Gasteiger partial charge on any atom is -0.380 e. The van der Waals surface area contributed by atoms with Crippen molar-refractivity contribution in [3.8, 4) is 0 Å². The average molecular weight is 265 g/mol. The van der Waals surface area contributed by atoms with Crippen LogP contribution in [0, 0.1) is 11.3 Å². The molecule has 0 saturated carbocycles. The molecule has 0 aromatic heterocycles. The third-order valence-corrected chi connectivity index (χ3v) is 3.89. The van der Waals surface area contributed by atoms with Gasteiger partial charge in [-0.2, -0.15) is 13.2 Å². The normalized spacial score (nSPS) is 34.7. The quantitative estimate of drug-likeness (QED) is 0.730. The fourth-order valence-electron chi connectivity index (χ4n) is 2.79. The molecule has 18 heavy (non-hydrogen) atoms. The second-order valence-corrected chi connectivity index (χ2v) is 5.40. The first kappa shape index (κ1) is 13.8. The molecule has 2 atom stereocenters. The van der Waals surface area contributed by atoms with Crippen molar-refractivity contribution in [2.45, 2.75) is 25.4 Å². The van der Waals surface area contributed by atoms with Gasteiger partial charge in [-0.05, 0) is 25.8 Å². The Morgan fingerprint density at radius 3 is 2.78 bits per heavy atom. The van der Waals surface area contributed by atoms with Crippen LogP contribution in [0.5, 0.6) is 0 Å². The van der Waals surface area contributed by atoms with Crippen molar-refractivity contribution < 1.29 is 22.7 Å². The van der Waals surface area contributed by atoms with Gasteiger partial charge in [0.15, 0.2) is 0 Å². The van der Waals surface area contributed by atoms with Crippen molar-refractivity contribution >= 4 is 6.29 Å². The number of ether oxygens (including phenoxy) is 1. The van der Waals surface area contributed by atoms with E-state index in [1.54, 1.807) is 4.90 Å². The van der Waals surface area contributed by atoms with E-state index in [1.807, 2.05) is 0 Å². The molecule has 104 valence electrons. The number of hydrogen-bond donors (Lipinski definition) is 0. The third-order valence-electron chi connectivity index (χ3n) is 3.89. The summed E-state index contributed by atoms with van der Waals surface area (Å²) >= 11 is 0. The summed E-state index contributed by atoms with van der Waals surface area (Å²) < 4.78 is 43.3. The minimum atomic E-state index is -4.13. The highest BCUT2D eigenvalue weighted by molar-refractivity contribution is 5.60. The summed E-state index contributed by atoms with van der Waals surface area (Å²) in [6.45, 7) is 1.91. The van der Waals surface area contributed by atoms with Gasteiger partial charge in [-0.25, -0.2) is 0 Å². The maximum absolute atomic E-state index is 12.7. The number of rotatable bonds is 3. The summed E-state index contributed by atoms with van der Waals surface area (Å²) in [5.41, 5.74) is -0.590. The Morgan fingerprint density at radius 1 is 1.44 bits per heavy atom. The standard InChI is InChI=1S/C12H18F3NO2/c13-12(14,15)10-2-1-4-16(6-10)7-11(8-17)3-5-18-9-11/h8,10H,1-7,9H2. The zero-order valence-corrected chi connectivity index (χ0v) is 10.2. The number of carbonyl (C=O) groups is 1. The predicted molar refractivity (Wildman–Crippen MR) is 59.2 cm³/mol. The van der Waals surface area contributed by atoms with E-state index >= 15 is 0 Å². The Balaban J connectivity index is 1.95. The second-order valence-electron chi connectivity index (χ2n) is 5.40. The molecule has 2 unspecified atom stereocenters. The molecule has 2 heterocycles. The zero-order chi connectivity index (χ0) is 13.2. The van der Waals surface area contributed by atoms with Gasteiger partial charge in [-0.1, -0.05) is 0 Å². The smallest absolute Gasteiger partial charge is 0.380 e. The number of piperidine rings is 1. The summed E-state index contributed by atoms with van der Waals surface area (Å²) in [5.74, 6) is -1.25. The number of nitrogens with zero attached hydrogens (tertiary/aromatic N) is 1. The van der Waals surface area contributed by atoms with Gasteiger partial charge in [0.05, 0.1) is 17.9 Å². The van der Waals surface area contributed by atoms with E-state index < -0.39 is 17.5 Å². The molecular formula is C12H18F3NO2. The van der Waals surface area contributed by atoms with Crippen molar-refractivity contribution in [3.05, 3.63) is 0 Å². The van der Waals surface area contributed by atoms with Crippen LogP contribution in [0.25, 0.3) is 0 Å². The first-order valence-electron chi connectivity index (χ1n) is 6.28. The van der Waals surface area contributed by atoms with Crippen LogP contribution in [0.1, 0.15) is 19.3 Å². The molecule has 6 heteroatoms. The number of alkyl halides is 3. The molecule has 0 radical (unpaired) electrons. The first-order chi connectivity index (χ1) is 8.45. The van der Waals surface area contributed by atoms with E-state index in [0.29, 0.717) is 39.1 Å². The van der Waals surface area contributed by atoms with E-state index in [9.17, 15) is 18.0 Å². The Labute approximate surface area is 104 Å². The molecule has 0 amide bonds. The van der Waals surface area contributed by atoms with Gasteiger partial charge in [-0.3, -0.25) is 0 Å². The van der Waals surface area contributed by atoms with Crippen LogP contribution in [0.2, 0.25) is 0 Å². The molecular weight excluding hydrogens is 247 g/mol. The van der Waals surface area contributed by atoms with Crippen molar-refractivity contribution in [3.63, 3.8) is 0 Å². The Morgan fingerprint density at radius 2 is 2.22 bits per heavy atom. The largest absolute Gasteiger partial charge is 0.393 e. The highest BCUT2D eigenvalue weighted by Crippen LogP contribution is 2.35. The second kappa shape index (κ2) is 5.17. The summed E-state index contributed by atoms with van der Waals surface area (Å²) in [4.78, 5) is 12.9. The van der Waals surface area contributed by atoms with Gasteiger partial charge in [0.2, 0.25) is 0 Å². The fourth-order valence-corrected chi connectivity index (χ4v) is 2.79. The third kappa shape index (κ3) is 3.03. The van der Waals surface area contributed by atoms with Crippen LogP contribution >= 0.6 is 0 Å². The van der Waals surface area contributed by atoms with Gasteiger partial charge in [0, 0.05) is 19.7 Å². The van der Waals surface area contributed by atoms with Crippen LogP contribution < -0.4 is 0 Å². The topological polar surface area (TPSA) is 29.5 Å². The Hall–Kier alpha value is -0.620. The summed E-state index contributed by atoms with van der Waals surface area (Å²) in [6.07, 6.45) is -1.91. The van der Waals surface area contributed by atoms with Gasteiger partial charge < -0.3 is 14.4 Å². The van der Waals surface area contributed by atoms with Crippen LogP contribution in [0.4, 0.5) is 13.2 Å². The zero-order valence-electron chi connectivity index (χ0n) is 10.2. The van der Waals surface area contributed by atoms with Crippen LogP contribution in [-0.2, 0) is 9.53 Å². The molecule has 0 aliphatic carbocycles. The summed E-state index contributed by atoms with van der Waals surface area (Å²) in [6, 6.07) is 0. The van der Waals surface area contributed by atoms with Crippen LogP contribution in [-0.4, -0.2) is 50.2 Å². The molecule has 0 spiro atoms. The van der Waals surface area contributed by atoms with Crippen molar-refractivity contribution in [2.75, 3.05) is 32.8 Å². The van der Waals surface area contributed by atoms with E-state index in [0.717, 1.165) is 6.29 Å². The van der Waals surface area contributed by atoms with E-state index in [-0.39, 0.29) is 13.0 Å². The van der Waals surface area contributed by atoms with E-state index in [1.165, 1.54) is 0 Å². The fraction of sp³-hybridized carbons (Fsp3) is 0.917. The van der Waals surface area contributed by atoms with Crippen molar-refractivity contribution in [2.24, 2.45) is 11.3 Å². The number of hydrogen-bond acceptors (Lipinski definition) is 3. The van der Waals surface area contributed by atoms with Crippen LogP contribution in [0.3, 0.4) is 0 Å². The summed E-state index contributed by atoms with van der Waals surface area (Å²) in [5, 5.41) is 0.